The Morgan fingerprint density at radius 1 is 1.29 bits per heavy atom. The molecule has 1 N–H and O–H groups in total. The zero-order chi connectivity index (χ0) is 16.1. The molecule has 0 atom stereocenters. The van der Waals surface area contributed by atoms with Crippen molar-refractivity contribution in [1.82, 2.24) is 5.32 Å². The lowest BCUT2D eigenvalue weighted by Crippen LogP contribution is -2.32. The van der Waals surface area contributed by atoms with Crippen LogP contribution in [0.3, 0.4) is 0 Å². The SMILES string of the molecule is CCNCc1ccc(OCCS(=O)(=O)C(C)(C)C)c(F)c1. The highest BCUT2D eigenvalue weighted by molar-refractivity contribution is 7.92. The zero-order valence-corrected chi connectivity index (χ0v) is 13.9. The van der Waals surface area contributed by atoms with Gasteiger partial charge in [-0.1, -0.05) is 13.0 Å². The van der Waals surface area contributed by atoms with Gasteiger partial charge in [0.15, 0.2) is 21.4 Å². The third kappa shape index (κ3) is 5.28. The standard InChI is InChI=1S/C15H24FNO3S/c1-5-17-11-12-6-7-14(13(16)10-12)20-8-9-21(18,19)15(2,3)4/h6-7,10,17H,5,8-9,11H2,1-4H3. The van der Waals surface area contributed by atoms with E-state index in [1.165, 1.54) is 12.1 Å². The lowest BCUT2D eigenvalue weighted by Gasteiger charge is -2.19. The van der Waals surface area contributed by atoms with E-state index in [1.807, 2.05) is 6.92 Å². The van der Waals surface area contributed by atoms with Gasteiger partial charge in [-0.05, 0) is 45.0 Å². The first-order chi connectivity index (χ1) is 9.67. The topological polar surface area (TPSA) is 55.4 Å². The molecule has 0 aromatic heterocycles. The van der Waals surface area contributed by atoms with Gasteiger partial charge in [0, 0.05) is 6.54 Å². The Bertz CT molecular complexity index is 565. The summed E-state index contributed by atoms with van der Waals surface area (Å²) >= 11 is 0. The summed E-state index contributed by atoms with van der Waals surface area (Å²) in [6, 6.07) is 4.70. The van der Waals surface area contributed by atoms with E-state index >= 15 is 0 Å². The van der Waals surface area contributed by atoms with Crippen molar-refractivity contribution in [3.05, 3.63) is 29.6 Å². The van der Waals surface area contributed by atoms with E-state index in [0.29, 0.717) is 6.54 Å². The van der Waals surface area contributed by atoms with Crippen LogP contribution in [0, 0.1) is 5.82 Å². The van der Waals surface area contributed by atoms with Crippen molar-refractivity contribution in [3.8, 4) is 5.75 Å². The molecule has 0 unspecified atom stereocenters. The van der Waals surface area contributed by atoms with Crippen molar-refractivity contribution in [2.45, 2.75) is 39.0 Å². The van der Waals surface area contributed by atoms with Crippen LogP contribution in [0.1, 0.15) is 33.3 Å². The summed E-state index contributed by atoms with van der Waals surface area (Å²) < 4.78 is 42.1. The average Bonchev–Trinajstić information content (AvgIpc) is 2.37. The minimum atomic E-state index is -3.26. The number of hydrogen-bond donors (Lipinski definition) is 1. The highest BCUT2D eigenvalue weighted by atomic mass is 32.2. The van der Waals surface area contributed by atoms with Crippen LogP contribution in [0.4, 0.5) is 4.39 Å². The second-order valence-corrected chi connectivity index (χ2v) is 8.69. The van der Waals surface area contributed by atoms with Crippen LogP contribution in [0.2, 0.25) is 0 Å². The number of ether oxygens (including phenoxy) is 1. The largest absolute Gasteiger partial charge is 0.489 e. The molecule has 0 saturated heterocycles. The van der Waals surface area contributed by atoms with Gasteiger partial charge in [0.1, 0.15) is 6.61 Å². The molecule has 0 heterocycles. The smallest absolute Gasteiger partial charge is 0.165 e. The van der Waals surface area contributed by atoms with Crippen molar-refractivity contribution in [2.24, 2.45) is 0 Å². The first-order valence-corrected chi connectivity index (χ1v) is 8.67. The minimum Gasteiger partial charge on any atom is -0.489 e. The Morgan fingerprint density at radius 2 is 1.95 bits per heavy atom. The monoisotopic (exact) mass is 317 g/mol. The lowest BCUT2D eigenvalue weighted by atomic mass is 10.2. The van der Waals surface area contributed by atoms with Gasteiger partial charge in [-0.15, -0.1) is 0 Å². The van der Waals surface area contributed by atoms with Crippen LogP contribution in [0.25, 0.3) is 0 Å². The molecule has 0 fully saturated rings. The summed E-state index contributed by atoms with van der Waals surface area (Å²) in [5.41, 5.74) is 0.823. The van der Waals surface area contributed by atoms with E-state index in [4.69, 9.17) is 4.74 Å². The predicted molar refractivity (Wildman–Crippen MR) is 82.8 cm³/mol. The molecule has 1 rings (SSSR count). The van der Waals surface area contributed by atoms with Crippen molar-refractivity contribution in [3.63, 3.8) is 0 Å². The quantitative estimate of drug-likeness (QED) is 0.839. The minimum absolute atomic E-state index is 0.0525. The number of rotatable bonds is 7. The van der Waals surface area contributed by atoms with Crippen LogP contribution in [0.15, 0.2) is 18.2 Å². The molecule has 4 nitrogen and oxygen atoms in total. The molecule has 0 amide bonds. The Labute approximate surface area is 126 Å². The van der Waals surface area contributed by atoms with Crippen LogP contribution in [-0.2, 0) is 16.4 Å². The van der Waals surface area contributed by atoms with Crippen molar-refractivity contribution in [1.29, 1.82) is 0 Å². The predicted octanol–water partition coefficient (Wildman–Crippen LogP) is 2.53. The first-order valence-electron chi connectivity index (χ1n) is 7.01. The summed E-state index contributed by atoms with van der Waals surface area (Å²) in [4.78, 5) is 0. The van der Waals surface area contributed by atoms with E-state index < -0.39 is 20.4 Å². The maximum atomic E-state index is 13.8. The number of hydrogen-bond acceptors (Lipinski definition) is 4. The lowest BCUT2D eigenvalue weighted by molar-refractivity contribution is 0.321. The Kier molecular flexibility index (Phi) is 6.16. The van der Waals surface area contributed by atoms with Crippen LogP contribution >= 0.6 is 0 Å². The fourth-order valence-corrected chi connectivity index (χ4v) is 2.52. The number of nitrogens with one attached hydrogen (secondary N) is 1. The molecule has 0 bridgehead atoms. The highest BCUT2D eigenvalue weighted by Gasteiger charge is 2.28. The third-order valence-corrected chi connectivity index (χ3v) is 5.69. The second kappa shape index (κ2) is 7.22. The number of benzene rings is 1. The van der Waals surface area contributed by atoms with E-state index in [2.05, 4.69) is 5.32 Å². The van der Waals surface area contributed by atoms with Crippen LogP contribution in [-0.4, -0.2) is 32.1 Å². The Balaban J connectivity index is 2.61. The molecule has 0 spiro atoms. The molecular weight excluding hydrogens is 293 g/mol. The van der Waals surface area contributed by atoms with Gasteiger partial charge in [-0.2, -0.15) is 0 Å². The fraction of sp³-hybridized carbons (Fsp3) is 0.600. The van der Waals surface area contributed by atoms with Crippen molar-refractivity contribution >= 4 is 9.84 Å². The summed E-state index contributed by atoms with van der Waals surface area (Å²) in [5.74, 6) is -0.521. The molecule has 0 aliphatic heterocycles. The van der Waals surface area contributed by atoms with Gasteiger partial charge in [0.05, 0.1) is 10.5 Å². The van der Waals surface area contributed by atoms with E-state index in [9.17, 15) is 12.8 Å². The van der Waals surface area contributed by atoms with E-state index in [-0.39, 0.29) is 18.1 Å². The van der Waals surface area contributed by atoms with Gasteiger partial charge < -0.3 is 10.1 Å². The molecule has 1 aromatic rings. The Morgan fingerprint density at radius 3 is 2.48 bits per heavy atom. The van der Waals surface area contributed by atoms with Gasteiger partial charge in [-0.3, -0.25) is 0 Å². The van der Waals surface area contributed by atoms with Gasteiger partial charge in [0.25, 0.3) is 0 Å². The summed E-state index contributed by atoms with van der Waals surface area (Å²) in [7, 11) is -3.26. The normalized spacial score (nSPS) is 12.4. The van der Waals surface area contributed by atoms with Gasteiger partial charge in [0.2, 0.25) is 0 Å². The van der Waals surface area contributed by atoms with Crippen LogP contribution < -0.4 is 10.1 Å². The molecule has 0 saturated carbocycles. The summed E-state index contributed by atoms with van der Waals surface area (Å²) in [6.45, 7) is 8.23. The summed E-state index contributed by atoms with van der Waals surface area (Å²) in [5, 5.41) is 3.10. The molecule has 6 heteroatoms. The zero-order valence-electron chi connectivity index (χ0n) is 13.1. The molecular formula is C15H24FNO3S. The molecule has 0 aliphatic carbocycles. The number of halogens is 1. The number of sulfone groups is 1. The highest BCUT2D eigenvalue weighted by Crippen LogP contribution is 2.20. The summed E-state index contributed by atoms with van der Waals surface area (Å²) in [6.07, 6.45) is 0. The fourth-order valence-electron chi connectivity index (χ4n) is 1.61. The van der Waals surface area contributed by atoms with E-state index in [1.54, 1.807) is 26.8 Å². The third-order valence-electron chi connectivity index (χ3n) is 3.12. The van der Waals surface area contributed by atoms with Gasteiger partial charge in [-0.25, -0.2) is 12.8 Å². The van der Waals surface area contributed by atoms with Crippen molar-refractivity contribution in [2.75, 3.05) is 18.9 Å². The van der Waals surface area contributed by atoms with Crippen LogP contribution in [0.5, 0.6) is 5.75 Å². The maximum absolute atomic E-state index is 13.8. The molecule has 0 radical (unpaired) electrons. The Hall–Kier alpha value is -1.14. The molecule has 1 aromatic carbocycles. The molecule has 0 aliphatic rings. The maximum Gasteiger partial charge on any atom is 0.165 e. The van der Waals surface area contributed by atoms with Crippen molar-refractivity contribution < 1.29 is 17.5 Å². The average molecular weight is 317 g/mol. The molecule has 21 heavy (non-hydrogen) atoms. The van der Waals surface area contributed by atoms with Gasteiger partial charge >= 0.3 is 0 Å². The molecule has 120 valence electrons. The first kappa shape index (κ1) is 17.9. The second-order valence-electron chi connectivity index (χ2n) is 5.82. The van der Waals surface area contributed by atoms with E-state index in [0.717, 1.165) is 12.1 Å².